The molecule has 22 heteroatoms. The van der Waals surface area contributed by atoms with Crippen molar-refractivity contribution in [3.8, 4) is 5.75 Å². The molecular formula is C58H93N3O19. The van der Waals surface area contributed by atoms with Gasteiger partial charge in [-0.3, -0.25) is 14.4 Å². The Kier molecular flexibility index (Phi) is 23.1. The van der Waals surface area contributed by atoms with Gasteiger partial charge in [0.15, 0.2) is 18.7 Å². The number of amides is 1. The number of methoxy groups -OCH3 is 2. The molecule has 1 saturated carbocycles. The first-order valence-corrected chi connectivity index (χ1v) is 27.9. The molecule has 3 aliphatic heterocycles. The van der Waals surface area contributed by atoms with Crippen molar-refractivity contribution in [3.63, 3.8) is 0 Å². The molecule has 0 radical (unpaired) electrons. The molecule has 4 aliphatic rings. The number of benzene rings is 1. The number of likely N-dealkylation sites (N-methyl/N-ethyl adjacent to an activating group) is 1. The van der Waals surface area contributed by atoms with E-state index in [2.05, 4.69) is 5.32 Å². The molecule has 1 aliphatic carbocycles. The smallest absolute Gasteiger partial charge is 0.407 e. The average molecular weight is 1140 g/mol. The zero-order valence-electron chi connectivity index (χ0n) is 48.6. The van der Waals surface area contributed by atoms with Crippen molar-refractivity contribution in [2.75, 3.05) is 54.7 Å². The maximum absolute atomic E-state index is 14.6. The number of carbonyl (C=O) groups excluding carboxylic acids is 3. The number of ether oxygens (including phenoxy) is 10. The highest BCUT2D eigenvalue weighted by molar-refractivity contribution is 5.93. The number of aromatic nitrogens is 1. The number of aliphatic hydroxyl groups is 3. The van der Waals surface area contributed by atoms with Crippen molar-refractivity contribution >= 4 is 34.7 Å². The van der Waals surface area contributed by atoms with Crippen LogP contribution in [0.15, 0.2) is 29.2 Å². The van der Waals surface area contributed by atoms with Crippen molar-refractivity contribution in [1.82, 2.24) is 14.8 Å². The third kappa shape index (κ3) is 15.1. The number of aromatic carboxylic acids is 1. The maximum Gasteiger partial charge on any atom is 0.407 e. The van der Waals surface area contributed by atoms with Crippen LogP contribution in [0.4, 0.5) is 4.79 Å². The molecule has 0 spiro atoms. The first-order valence-electron chi connectivity index (χ1n) is 27.9. The van der Waals surface area contributed by atoms with Crippen molar-refractivity contribution in [2.45, 2.75) is 212 Å². The summed E-state index contributed by atoms with van der Waals surface area (Å²) < 4.78 is 64.5. The summed E-state index contributed by atoms with van der Waals surface area (Å²) in [5.74, 6) is -5.76. The van der Waals surface area contributed by atoms with Gasteiger partial charge >= 0.3 is 18.0 Å². The number of alkyl carbamates (subject to hydrolysis) is 1. The van der Waals surface area contributed by atoms with E-state index in [9.17, 15) is 44.4 Å². The van der Waals surface area contributed by atoms with Crippen LogP contribution >= 0.6 is 0 Å². The van der Waals surface area contributed by atoms with E-state index in [0.29, 0.717) is 24.1 Å². The minimum Gasteiger partial charge on any atom is -0.491 e. The number of hydrogen-bond donors (Lipinski definition) is 5. The highest BCUT2D eigenvalue weighted by Crippen LogP contribution is 2.43. The Morgan fingerprint density at radius 1 is 0.887 bits per heavy atom. The number of pyridine rings is 1. The van der Waals surface area contributed by atoms with Gasteiger partial charge in [-0.05, 0) is 112 Å². The Balaban J connectivity index is 0.0000118. The Hall–Kier alpha value is -4.33. The Morgan fingerprint density at radius 3 is 2.16 bits per heavy atom. The molecule has 80 heavy (non-hydrogen) atoms. The van der Waals surface area contributed by atoms with E-state index >= 15 is 0 Å². The van der Waals surface area contributed by atoms with Gasteiger partial charge in [0.05, 0.1) is 59.5 Å². The number of Topliss-reactive ketones (excluding diaryl/α,β-unsaturated/α-hetero) is 1. The molecule has 454 valence electrons. The summed E-state index contributed by atoms with van der Waals surface area (Å²) in [5, 5.41) is 47.9. The monoisotopic (exact) mass is 1140 g/mol. The van der Waals surface area contributed by atoms with Gasteiger partial charge in [-0.1, -0.05) is 35.1 Å². The van der Waals surface area contributed by atoms with E-state index in [1.807, 2.05) is 37.4 Å². The van der Waals surface area contributed by atoms with Gasteiger partial charge in [-0.25, -0.2) is 9.59 Å². The number of carboxylic acid groups (broad SMARTS) is 1. The number of aliphatic hydroxyl groups excluding tert-OH is 2. The quantitative estimate of drug-likeness (QED) is 0.0840. The Labute approximate surface area is 471 Å². The molecule has 22 nitrogen and oxygen atoms in total. The number of rotatable bonds is 19. The van der Waals surface area contributed by atoms with Gasteiger partial charge in [0.25, 0.3) is 0 Å². The van der Waals surface area contributed by atoms with Crippen LogP contribution in [-0.2, 0) is 52.2 Å². The van der Waals surface area contributed by atoms with Crippen LogP contribution in [0.5, 0.6) is 5.75 Å². The molecular weight excluding hydrogens is 1040 g/mol. The zero-order valence-corrected chi connectivity index (χ0v) is 48.6. The van der Waals surface area contributed by atoms with Crippen LogP contribution in [0.2, 0.25) is 0 Å². The second kappa shape index (κ2) is 27.8. The van der Waals surface area contributed by atoms with Crippen molar-refractivity contribution in [2.24, 2.45) is 23.7 Å². The molecule has 1 aromatic carbocycles. The number of esters is 1. The summed E-state index contributed by atoms with van der Waals surface area (Å²) in [6, 6.07) is 4.87. The van der Waals surface area contributed by atoms with Gasteiger partial charge in [0, 0.05) is 69.8 Å². The molecule has 6 rings (SSSR count). The van der Waals surface area contributed by atoms with Crippen LogP contribution < -0.4 is 15.5 Å². The van der Waals surface area contributed by atoms with Crippen molar-refractivity contribution in [1.29, 1.82) is 0 Å². The lowest BCUT2D eigenvalue weighted by molar-refractivity contribution is -0.319. The molecule has 4 heterocycles. The third-order valence-electron chi connectivity index (χ3n) is 16.9. The minimum atomic E-state index is -2.03. The lowest BCUT2D eigenvalue weighted by Gasteiger charge is -2.50. The molecule has 1 aromatic heterocycles. The van der Waals surface area contributed by atoms with Crippen LogP contribution in [0.1, 0.15) is 138 Å². The highest BCUT2D eigenvalue weighted by atomic mass is 16.7. The summed E-state index contributed by atoms with van der Waals surface area (Å²) in [5.41, 5.74) is -4.77. The lowest BCUT2D eigenvalue weighted by atomic mass is 9.74. The third-order valence-corrected chi connectivity index (χ3v) is 16.9. The standard InChI is InChI=1S/C57H89N3O19.CH4/c1-15-42-57(10,69)48(64)32(4)44(61)30(2)27-55(8,70-13)49(78-53-46(63)41(59(11)12)25-31(3)74-53)33(5)47(34(6)52(67)76-42)77-43-28-56(9,71-14)50(35(7)75-43)79-54(68)58-21-16-22-72-23-24-73-37-19-20-40-38(26-37)45(62)39(51(65)66)29-60(40)36-17-18-36;/h19-20,26,29-36,41-43,46-50,53,63-64,69H,15-18,21-25,27-28H2,1-14H3,(H,58,68)(H,65,66);1H4/t30-,31-,32+,33+,34-,35+,41+,42-,43?,46-,47+,48-,49-,50+,53?,55-,56-,57-;/m1./s1. The molecule has 5 N–H and O–H groups in total. The number of cyclic esters (lactones) is 1. The Bertz CT molecular complexity index is 2470. The van der Waals surface area contributed by atoms with E-state index in [1.54, 1.807) is 59.7 Å². The number of carbonyl (C=O) groups is 4. The molecule has 2 unspecified atom stereocenters. The summed E-state index contributed by atoms with van der Waals surface area (Å²) in [6.07, 6.45) is -6.86. The molecule has 18 atom stereocenters. The molecule has 3 saturated heterocycles. The van der Waals surface area contributed by atoms with Crippen LogP contribution in [-0.4, -0.2) is 193 Å². The number of nitrogens with one attached hydrogen (secondary N) is 1. The minimum absolute atomic E-state index is 0. The second-order valence-corrected chi connectivity index (χ2v) is 23.2. The first-order chi connectivity index (χ1) is 37.1. The zero-order chi connectivity index (χ0) is 58.5. The van der Waals surface area contributed by atoms with Crippen molar-refractivity contribution < 1.29 is 87.0 Å². The van der Waals surface area contributed by atoms with Crippen LogP contribution in [0.25, 0.3) is 10.9 Å². The fourth-order valence-corrected chi connectivity index (χ4v) is 11.9. The largest absolute Gasteiger partial charge is 0.491 e. The Morgan fingerprint density at radius 2 is 1.55 bits per heavy atom. The van der Waals surface area contributed by atoms with Gasteiger partial charge in [-0.2, -0.15) is 0 Å². The van der Waals surface area contributed by atoms with E-state index in [4.69, 9.17) is 47.4 Å². The molecule has 4 fully saturated rings. The number of ketones is 1. The fraction of sp³-hybridized carbons (Fsp3) is 0.776. The van der Waals surface area contributed by atoms with Gasteiger partial charge in [0.2, 0.25) is 5.43 Å². The highest BCUT2D eigenvalue weighted by Gasteiger charge is 2.55. The van der Waals surface area contributed by atoms with Crippen molar-refractivity contribution in [3.05, 3.63) is 40.2 Å². The molecule has 1 amide bonds. The first kappa shape index (κ1) is 66.5. The summed E-state index contributed by atoms with van der Waals surface area (Å²) >= 11 is 0. The van der Waals surface area contributed by atoms with E-state index in [1.165, 1.54) is 34.3 Å². The average Bonchev–Trinajstić information content (AvgIpc) is 4.25. The number of fused-ring (bicyclic) bond motifs is 1. The van der Waals surface area contributed by atoms with Gasteiger partial charge < -0.3 is 82.6 Å². The second-order valence-electron chi connectivity index (χ2n) is 23.2. The maximum atomic E-state index is 14.6. The van der Waals surface area contributed by atoms with Crippen LogP contribution in [0, 0.1) is 23.7 Å². The topological polar surface area (TPSA) is 279 Å². The lowest BCUT2D eigenvalue weighted by Crippen LogP contribution is -2.62. The number of carboxylic acids is 1. The van der Waals surface area contributed by atoms with Gasteiger partial charge in [0.1, 0.15) is 47.1 Å². The van der Waals surface area contributed by atoms with E-state index in [0.717, 1.165) is 12.8 Å². The number of hydrogen-bond acceptors (Lipinski definition) is 19. The van der Waals surface area contributed by atoms with E-state index < -0.39 is 119 Å². The predicted octanol–water partition coefficient (Wildman–Crippen LogP) is 5.64. The fourth-order valence-electron chi connectivity index (χ4n) is 11.9. The molecule has 2 aromatic rings. The predicted molar refractivity (Wildman–Crippen MR) is 294 cm³/mol. The van der Waals surface area contributed by atoms with Gasteiger partial charge in [-0.15, -0.1) is 0 Å². The molecule has 0 bridgehead atoms. The van der Waals surface area contributed by atoms with Crippen LogP contribution in [0.3, 0.4) is 0 Å². The summed E-state index contributed by atoms with van der Waals surface area (Å²) in [7, 11) is 6.69. The SMILES string of the molecule is C.CC[C@H]1OC(=O)[C@H](C)[C@@H](OC2C[C@@](C)(OC)[C@@H](OC(=O)NCCCOCCOc3ccc4c(c3)c(=O)c(C(=O)O)cn4C3CC3)[C@H](C)O2)[C@H](C)[C@@H](OC2O[C@H](C)C[C@H](N(C)C)[C@H]2O)[C@](C)(OC)C[C@@H](C)C(=O)[C@H](C)[C@@H](O)[C@]1(C)O. The number of nitrogens with zero attached hydrogens (tertiary/aromatic N) is 2. The summed E-state index contributed by atoms with van der Waals surface area (Å²) in [6.45, 7) is 17.7. The van der Waals surface area contributed by atoms with E-state index in [-0.39, 0.29) is 88.0 Å². The summed E-state index contributed by atoms with van der Waals surface area (Å²) in [4.78, 5) is 68.8. The normalized spacial score (nSPS) is 36.6.